The van der Waals surface area contributed by atoms with Gasteiger partial charge in [-0.1, -0.05) is 92.5 Å². The lowest BCUT2D eigenvalue weighted by Crippen LogP contribution is -2.31. The van der Waals surface area contributed by atoms with Crippen molar-refractivity contribution in [2.24, 2.45) is 0 Å². The van der Waals surface area contributed by atoms with Gasteiger partial charge in [0.25, 0.3) is 0 Å². The quantitative estimate of drug-likeness (QED) is 0.559. The van der Waals surface area contributed by atoms with E-state index in [4.69, 9.17) is 0 Å². The molecule has 0 radical (unpaired) electrons. The molecule has 0 heterocycles. The van der Waals surface area contributed by atoms with Crippen LogP contribution in [0.5, 0.6) is 0 Å². The van der Waals surface area contributed by atoms with E-state index < -0.39 is 9.65 Å². The Morgan fingerprint density at radius 1 is 0.650 bits per heavy atom. The Morgan fingerprint density at radius 2 is 0.950 bits per heavy atom. The Labute approximate surface area is 134 Å². The van der Waals surface area contributed by atoms with Crippen LogP contribution in [0.3, 0.4) is 0 Å². The van der Waals surface area contributed by atoms with E-state index in [1.165, 1.54) is 0 Å². The Morgan fingerprint density at radius 3 is 1.25 bits per heavy atom. The zero-order valence-corrected chi connectivity index (χ0v) is 13.7. The normalized spacial score (nSPS) is 13.5. The van der Waals surface area contributed by atoms with Gasteiger partial charge in [-0.3, -0.25) is 9.59 Å². The smallest absolute Gasteiger partial charge is 0.178 e. The van der Waals surface area contributed by atoms with E-state index in [0.29, 0.717) is 11.1 Å². The van der Waals surface area contributed by atoms with Gasteiger partial charge in [0.2, 0.25) is 0 Å². The number of halogens is 2. The van der Waals surface area contributed by atoms with Crippen LogP contribution in [0.25, 0.3) is 0 Å². The maximum absolute atomic E-state index is 12.3. The van der Waals surface area contributed by atoms with E-state index in [9.17, 15) is 9.59 Å². The van der Waals surface area contributed by atoms with E-state index >= 15 is 0 Å². The van der Waals surface area contributed by atoms with Crippen molar-refractivity contribution < 1.29 is 9.59 Å². The highest BCUT2D eigenvalue weighted by molar-refractivity contribution is 9.12. The summed E-state index contributed by atoms with van der Waals surface area (Å²) < 4.78 is 0. The van der Waals surface area contributed by atoms with E-state index in [1.807, 2.05) is 12.1 Å². The molecule has 0 aliphatic rings. The standard InChI is InChI=1S/C16H12Br2O2/c17-13(15(19)11-7-3-1-4-8-11)14(18)16(20)12-9-5-2-6-10-12/h1-10,13-14H/t13-,14+. The summed E-state index contributed by atoms with van der Waals surface area (Å²) in [5, 5.41) is 0. The third-order valence-electron chi connectivity index (χ3n) is 2.87. The first kappa shape index (κ1) is 15.1. The fraction of sp³-hybridized carbons (Fsp3) is 0.125. The van der Waals surface area contributed by atoms with E-state index in [2.05, 4.69) is 31.9 Å². The van der Waals surface area contributed by atoms with Gasteiger partial charge in [-0.25, -0.2) is 0 Å². The molecule has 0 aromatic heterocycles. The molecule has 0 saturated heterocycles. The number of alkyl halides is 2. The van der Waals surface area contributed by atoms with Crippen molar-refractivity contribution in [3.63, 3.8) is 0 Å². The van der Waals surface area contributed by atoms with Gasteiger partial charge in [-0.05, 0) is 0 Å². The van der Waals surface area contributed by atoms with Gasteiger partial charge in [0, 0.05) is 11.1 Å². The predicted octanol–water partition coefficient (Wildman–Crippen LogP) is 4.28. The molecule has 0 unspecified atom stereocenters. The molecule has 0 spiro atoms. The molecule has 0 fully saturated rings. The second kappa shape index (κ2) is 6.95. The van der Waals surface area contributed by atoms with Crippen LogP contribution in [0.1, 0.15) is 20.7 Å². The predicted molar refractivity (Wildman–Crippen MR) is 87.0 cm³/mol. The molecule has 4 heteroatoms. The van der Waals surface area contributed by atoms with Crippen LogP contribution in [0, 0.1) is 0 Å². The fourth-order valence-electron chi connectivity index (χ4n) is 1.79. The Kier molecular flexibility index (Phi) is 5.26. The summed E-state index contributed by atoms with van der Waals surface area (Å²) in [6, 6.07) is 17.9. The number of Topliss-reactive ketones (excluding diaryl/α,β-unsaturated/α-hetero) is 2. The second-order valence-electron chi connectivity index (χ2n) is 4.26. The molecule has 102 valence electrons. The number of hydrogen-bond acceptors (Lipinski definition) is 2. The summed E-state index contributed by atoms with van der Waals surface area (Å²) in [6.07, 6.45) is 0. The Hall–Kier alpha value is -1.26. The SMILES string of the molecule is O=C(c1ccccc1)[C@@H](Br)[C@@H](Br)C(=O)c1ccccc1. The monoisotopic (exact) mass is 394 g/mol. The van der Waals surface area contributed by atoms with Gasteiger partial charge in [-0.15, -0.1) is 0 Å². The number of benzene rings is 2. The molecule has 0 bridgehead atoms. The summed E-state index contributed by atoms with van der Waals surface area (Å²) in [5.41, 5.74) is 1.17. The summed E-state index contributed by atoms with van der Waals surface area (Å²) >= 11 is 6.65. The summed E-state index contributed by atoms with van der Waals surface area (Å²) in [5.74, 6) is -0.228. The minimum absolute atomic E-state index is 0.114. The third kappa shape index (κ3) is 3.44. The molecule has 2 aromatic carbocycles. The second-order valence-corrected chi connectivity index (χ2v) is 6.24. The summed E-state index contributed by atoms with van der Waals surface area (Å²) in [7, 11) is 0. The Bertz CT molecular complexity index is 541. The van der Waals surface area contributed by atoms with Crippen LogP contribution in [-0.2, 0) is 0 Å². The van der Waals surface area contributed by atoms with Gasteiger partial charge >= 0.3 is 0 Å². The molecule has 0 aliphatic carbocycles. The number of rotatable bonds is 5. The van der Waals surface area contributed by atoms with Gasteiger partial charge in [0.1, 0.15) is 0 Å². The molecule has 2 rings (SSSR count). The van der Waals surface area contributed by atoms with E-state index in [-0.39, 0.29) is 11.6 Å². The molecule has 0 amide bonds. The lowest BCUT2D eigenvalue weighted by atomic mass is 10.0. The van der Waals surface area contributed by atoms with Gasteiger partial charge < -0.3 is 0 Å². The number of hydrogen-bond donors (Lipinski definition) is 0. The van der Waals surface area contributed by atoms with Crippen LogP contribution < -0.4 is 0 Å². The van der Waals surface area contributed by atoms with Crippen molar-refractivity contribution in [3.05, 3.63) is 71.8 Å². The fourth-order valence-corrected chi connectivity index (χ4v) is 2.80. The number of carbonyl (C=O) groups is 2. The molecule has 0 saturated carbocycles. The van der Waals surface area contributed by atoms with Crippen LogP contribution in [0.15, 0.2) is 60.7 Å². The van der Waals surface area contributed by atoms with Gasteiger partial charge in [-0.2, -0.15) is 0 Å². The summed E-state index contributed by atoms with van der Waals surface area (Å²) in [6.45, 7) is 0. The van der Waals surface area contributed by atoms with Crippen LogP contribution in [0.4, 0.5) is 0 Å². The lowest BCUT2D eigenvalue weighted by molar-refractivity contribution is 0.0934. The van der Waals surface area contributed by atoms with Crippen LogP contribution >= 0.6 is 31.9 Å². The average Bonchev–Trinajstić information content (AvgIpc) is 2.53. The first-order valence-corrected chi connectivity index (χ1v) is 7.91. The van der Waals surface area contributed by atoms with Gasteiger partial charge in [0.15, 0.2) is 11.6 Å². The highest BCUT2D eigenvalue weighted by atomic mass is 79.9. The van der Waals surface area contributed by atoms with Crippen LogP contribution in [-0.4, -0.2) is 21.2 Å². The Balaban J connectivity index is 2.15. The minimum Gasteiger partial charge on any atom is -0.293 e. The maximum atomic E-state index is 12.3. The third-order valence-corrected chi connectivity index (χ3v) is 5.47. The van der Waals surface area contributed by atoms with Crippen molar-refractivity contribution >= 4 is 43.4 Å². The molecular formula is C16H12Br2O2. The maximum Gasteiger partial charge on any atom is 0.178 e. The first-order chi connectivity index (χ1) is 9.61. The van der Waals surface area contributed by atoms with E-state index in [0.717, 1.165) is 0 Å². The van der Waals surface area contributed by atoms with Crippen LogP contribution in [0.2, 0.25) is 0 Å². The highest BCUT2D eigenvalue weighted by Gasteiger charge is 2.30. The molecule has 0 aliphatic heterocycles. The zero-order chi connectivity index (χ0) is 14.5. The summed E-state index contributed by atoms with van der Waals surface area (Å²) in [4.78, 5) is 23.4. The highest BCUT2D eigenvalue weighted by Crippen LogP contribution is 2.23. The number of carbonyl (C=O) groups excluding carboxylic acids is 2. The zero-order valence-electron chi connectivity index (χ0n) is 10.5. The topological polar surface area (TPSA) is 34.1 Å². The van der Waals surface area contributed by atoms with Crippen molar-refractivity contribution in [2.75, 3.05) is 0 Å². The molecule has 0 N–H and O–H groups in total. The first-order valence-electron chi connectivity index (χ1n) is 6.08. The van der Waals surface area contributed by atoms with Crippen molar-refractivity contribution in [3.8, 4) is 0 Å². The lowest BCUT2D eigenvalue weighted by Gasteiger charge is -2.15. The molecule has 2 atom stereocenters. The largest absolute Gasteiger partial charge is 0.293 e. The van der Waals surface area contributed by atoms with Crippen molar-refractivity contribution in [2.45, 2.75) is 9.65 Å². The average molecular weight is 396 g/mol. The van der Waals surface area contributed by atoms with Gasteiger partial charge in [0.05, 0.1) is 9.65 Å². The molecule has 2 nitrogen and oxygen atoms in total. The van der Waals surface area contributed by atoms with E-state index in [1.54, 1.807) is 48.5 Å². The minimum atomic E-state index is -0.599. The van der Waals surface area contributed by atoms with Crippen molar-refractivity contribution in [1.82, 2.24) is 0 Å². The molecule has 2 aromatic rings. The molecule has 20 heavy (non-hydrogen) atoms. The van der Waals surface area contributed by atoms with Crippen molar-refractivity contribution in [1.29, 1.82) is 0 Å². The number of ketones is 2. The molecular weight excluding hydrogens is 384 g/mol.